The summed E-state index contributed by atoms with van der Waals surface area (Å²) in [5, 5.41) is 16.5. The van der Waals surface area contributed by atoms with Crippen molar-refractivity contribution in [2.24, 2.45) is 10.9 Å². The molecule has 1 saturated carbocycles. The monoisotopic (exact) mass is 436 g/mol. The molecule has 4 rings (SSSR count). The van der Waals surface area contributed by atoms with Crippen LogP contribution in [0, 0.1) is 5.92 Å². The van der Waals surface area contributed by atoms with Crippen molar-refractivity contribution < 1.29 is 9.84 Å². The summed E-state index contributed by atoms with van der Waals surface area (Å²) in [5.74, 6) is 2.48. The SMILES string of the molecule is CN=C(NCc1ccc(CN2CCC(O)CC2)cc1)NCc1ccccc1OCC1CC1. The van der Waals surface area contributed by atoms with Crippen LogP contribution >= 0.6 is 0 Å². The molecule has 172 valence electrons. The van der Waals surface area contributed by atoms with E-state index in [1.165, 1.54) is 24.0 Å². The molecule has 1 heterocycles. The Kier molecular flexibility index (Phi) is 8.02. The Morgan fingerprint density at radius 3 is 2.38 bits per heavy atom. The average Bonchev–Trinajstić information content (AvgIpc) is 3.65. The lowest BCUT2D eigenvalue weighted by atomic mass is 10.1. The second kappa shape index (κ2) is 11.3. The van der Waals surface area contributed by atoms with Crippen LogP contribution in [-0.2, 0) is 19.6 Å². The molecule has 0 radical (unpaired) electrons. The molecule has 2 aromatic rings. The molecule has 0 atom stereocenters. The van der Waals surface area contributed by atoms with Crippen LogP contribution < -0.4 is 15.4 Å². The summed E-state index contributed by atoms with van der Waals surface area (Å²) in [4.78, 5) is 6.77. The summed E-state index contributed by atoms with van der Waals surface area (Å²) >= 11 is 0. The molecule has 0 unspecified atom stereocenters. The molecule has 0 bridgehead atoms. The highest BCUT2D eigenvalue weighted by atomic mass is 16.5. The zero-order valence-corrected chi connectivity index (χ0v) is 19.1. The van der Waals surface area contributed by atoms with Gasteiger partial charge in [-0.3, -0.25) is 9.89 Å². The fraction of sp³-hybridized carbons (Fsp3) is 0.500. The molecule has 3 N–H and O–H groups in total. The van der Waals surface area contributed by atoms with Crippen molar-refractivity contribution >= 4 is 5.96 Å². The number of aliphatic hydroxyl groups excluding tert-OH is 1. The Morgan fingerprint density at radius 2 is 1.66 bits per heavy atom. The minimum Gasteiger partial charge on any atom is -0.493 e. The second-order valence-electron chi connectivity index (χ2n) is 8.97. The molecular formula is C26H36N4O2. The number of hydrogen-bond donors (Lipinski definition) is 3. The molecule has 2 fully saturated rings. The van der Waals surface area contributed by atoms with E-state index in [1.54, 1.807) is 7.05 Å². The quantitative estimate of drug-likeness (QED) is 0.416. The zero-order chi connectivity index (χ0) is 22.2. The number of benzene rings is 2. The number of rotatable bonds is 9. The van der Waals surface area contributed by atoms with E-state index in [0.717, 1.165) is 68.8 Å². The number of guanidine groups is 1. The highest BCUT2D eigenvalue weighted by Gasteiger charge is 2.22. The van der Waals surface area contributed by atoms with Gasteiger partial charge in [0.1, 0.15) is 5.75 Å². The first kappa shape index (κ1) is 22.6. The Labute approximate surface area is 191 Å². The van der Waals surface area contributed by atoms with Crippen molar-refractivity contribution in [2.75, 3.05) is 26.7 Å². The molecular weight excluding hydrogens is 400 g/mol. The van der Waals surface area contributed by atoms with Crippen LogP contribution in [0.4, 0.5) is 0 Å². The standard InChI is InChI=1S/C26H36N4O2/c1-27-26(29-17-23-4-2-3-5-25(23)32-19-22-10-11-22)28-16-20-6-8-21(9-7-20)18-30-14-12-24(31)13-15-30/h2-9,22,24,31H,10-19H2,1H3,(H2,27,28,29). The zero-order valence-electron chi connectivity index (χ0n) is 19.1. The molecule has 1 saturated heterocycles. The van der Waals surface area contributed by atoms with Gasteiger partial charge in [-0.15, -0.1) is 0 Å². The van der Waals surface area contributed by atoms with Gasteiger partial charge >= 0.3 is 0 Å². The van der Waals surface area contributed by atoms with Crippen molar-refractivity contribution in [1.82, 2.24) is 15.5 Å². The summed E-state index contributed by atoms with van der Waals surface area (Å²) in [7, 11) is 1.80. The number of para-hydroxylation sites is 1. The maximum Gasteiger partial charge on any atom is 0.191 e. The van der Waals surface area contributed by atoms with E-state index in [1.807, 2.05) is 18.2 Å². The number of ether oxygens (including phenoxy) is 1. The topological polar surface area (TPSA) is 69.1 Å². The lowest BCUT2D eigenvalue weighted by Gasteiger charge is -2.29. The lowest BCUT2D eigenvalue weighted by Crippen LogP contribution is -2.36. The summed E-state index contributed by atoms with van der Waals surface area (Å²) in [5.41, 5.74) is 3.68. The van der Waals surface area contributed by atoms with Crippen LogP contribution in [0.15, 0.2) is 53.5 Å². The predicted molar refractivity (Wildman–Crippen MR) is 129 cm³/mol. The molecule has 1 aliphatic heterocycles. The molecule has 32 heavy (non-hydrogen) atoms. The Morgan fingerprint density at radius 1 is 0.969 bits per heavy atom. The van der Waals surface area contributed by atoms with Gasteiger partial charge in [-0.2, -0.15) is 0 Å². The summed E-state index contributed by atoms with van der Waals surface area (Å²) in [6.07, 6.45) is 4.23. The molecule has 0 amide bonds. The third-order valence-corrected chi connectivity index (χ3v) is 6.26. The molecule has 0 spiro atoms. The van der Waals surface area contributed by atoms with Gasteiger partial charge in [0.15, 0.2) is 5.96 Å². The number of piperidine rings is 1. The van der Waals surface area contributed by atoms with E-state index in [0.29, 0.717) is 6.54 Å². The highest BCUT2D eigenvalue weighted by molar-refractivity contribution is 5.79. The Bertz CT molecular complexity index is 872. The summed E-state index contributed by atoms with van der Waals surface area (Å²) < 4.78 is 6.01. The Hall–Kier alpha value is -2.57. The molecule has 0 aromatic heterocycles. The van der Waals surface area contributed by atoms with Crippen LogP contribution in [0.3, 0.4) is 0 Å². The number of aliphatic imine (C=N–C) groups is 1. The van der Waals surface area contributed by atoms with Gasteiger partial charge in [-0.05, 0) is 48.8 Å². The van der Waals surface area contributed by atoms with Gasteiger partial charge in [0.2, 0.25) is 0 Å². The number of aliphatic hydroxyl groups is 1. The smallest absolute Gasteiger partial charge is 0.191 e. The van der Waals surface area contributed by atoms with Gasteiger partial charge < -0.3 is 20.5 Å². The first-order valence-corrected chi connectivity index (χ1v) is 11.8. The van der Waals surface area contributed by atoms with E-state index in [9.17, 15) is 5.11 Å². The number of likely N-dealkylation sites (tertiary alicyclic amines) is 1. The third-order valence-electron chi connectivity index (χ3n) is 6.26. The number of nitrogens with zero attached hydrogens (tertiary/aromatic N) is 2. The third kappa shape index (κ3) is 6.97. The van der Waals surface area contributed by atoms with Crippen molar-refractivity contribution in [2.45, 2.75) is 51.4 Å². The van der Waals surface area contributed by atoms with E-state index >= 15 is 0 Å². The van der Waals surface area contributed by atoms with Gasteiger partial charge in [0, 0.05) is 45.3 Å². The first-order valence-electron chi connectivity index (χ1n) is 11.8. The van der Waals surface area contributed by atoms with Crippen molar-refractivity contribution in [3.63, 3.8) is 0 Å². The second-order valence-corrected chi connectivity index (χ2v) is 8.97. The van der Waals surface area contributed by atoms with Crippen LogP contribution in [0.25, 0.3) is 0 Å². The average molecular weight is 437 g/mol. The Balaban J connectivity index is 1.22. The van der Waals surface area contributed by atoms with Gasteiger partial charge in [-0.25, -0.2) is 0 Å². The maximum absolute atomic E-state index is 9.66. The van der Waals surface area contributed by atoms with Gasteiger partial charge in [0.25, 0.3) is 0 Å². The molecule has 6 nitrogen and oxygen atoms in total. The van der Waals surface area contributed by atoms with E-state index in [4.69, 9.17) is 4.74 Å². The maximum atomic E-state index is 9.66. The minimum atomic E-state index is -0.119. The van der Waals surface area contributed by atoms with E-state index < -0.39 is 0 Å². The van der Waals surface area contributed by atoms with Gasteiger partial charge in [0.05, 0.1) is 12.7 Å². The predicted octanol–water partition coefficient (Wildman–Crippen LogP) is 3.30. The summed E-state index contributed by atoms with van der Waals surface area (Å²) in [6, 6.07) is 17.0. The highest BCUT2D eigenvalue weighted by Crippen LogP contribution is 2.30. The summed E-state index contributed by atoms with van der Waals surface area (Å²) in [6.45, 7) is 5.10. The number of hydrogen-bond acceptors (Lipinski definition) is 4. The van der Waals surface area contributed by atoms with Crippen molar-refractivity contribution in [3.8, 4) is 5.75 Å². The first-order chi connectivity index (χ1) is 15.7. The van der Waals surface area contributed by atoms with Crippen LogP contribution in [0.1, 0.15) is 42.4 Å². The van der Waals surface area contributed by atoms with E-state index in [-0.39, 0.29) is 6.10 Å². The van der Waals surface area contributed by atoms with Crippen molar-refractivity contribution in [3.05, 3.63) is 65.2 Å². The molecule has 1 aliphatic carbocycles. The van der Waals surface area contributed by atoms with Crippen molar-refractivity contribution in [1.29, 1.82) is 0 Å². The van der Waals surface area contributed by atoms with Crippen LogP contribution in [0.2, 0.25) is 0 Å². The van der Waals surface area contributed by atoms with Crippen LogP contribution in [0.5, 0.6) is 5.75 Å². The molecule has 2 aromatic carbocycles. The number of nitrogens with one attached hydrogen (secondary N) is 2. The van der Waals surface area contributed by atoms with Gasteiger partial charge in [-0.1, -0.05) is 42.5 Å². The molecule has 2 aliphatic rings. The fourth-order valence-corrected chi connectivity index (χ4v) is 3.97. The van der Waals surface area contributed by atoms with E-state index in [2.05, 4.69) is 50.9 Å². The minimum absolute atomic E-state index is 0.119. The normalized spacial score (nSPS) is 17.9. The fourth-order valence-electron chi connectivity index (χ4n) is 3.97. The molecule has 6 heteroatoms. The largest absolute Gasteiger partial charge is 0.493 e. The lowest BCUT2D eigenvalue weighted by molar-refractivity contribution is 0.0792. The van der Waals surface area contributed by atoms with Crippen LogP contribution in [-0.4, -0.2) is 48.8 Å².